The summed E-state index contributed by atoms with van der Waals surface area (Å²) in [6.07, 6.45) is -4.44. The molecule has 0 saturated carbocycles. The van der Waals surface area contributed by atoms with Gasteiger partial charge in [0.25, 0.3) is 0 Å². The minimum Gasteiger partial charge on any atom is -0.344 e. The number of alkyl halides is 3. The van der Waals surface area contributed by atoms with Crippen molar-refractivity contribution < 1.29 is 22.8 Å². The lowest BCUT2D eigenvalue weighted by Gasteiger charge is -2.20. The lowest BCUT2D eigenvalue weighted by molar-refractivity contribution is -0.137. The second-order valence-corrected chi connectivity index (χ2v) is 6.89. The Morgan fingerprint density at radius 2 is 1.92 bits per heavy atom. The molecule has 2 amide bonds. The average molecular weight is 385 g/mol. The Kier molecular flexibility index (Phi) is 6.01. The zero-order valence-electron chi connectivity index (χ0n) is 14.3. The Morgan fingerprint density at radius 3 is 2.50 bits per heavy atom. The normalized spacial score (nSPS) is 12.7. The van der Waals surface area contributed by atoms with Crippen LogP contribution in [-0.2, 0) is 15.8 Å². The molecule has 2 N–H and O–H groups in total. The molecule has 1 aromatic heterocycles. The molecule has 0 radical (unpaired) electrons. The van der Waals surface area contributed by atoms with Crippen molar-refractivity contribution in [1.29, 1.82) is 0 Å². The van der Waals surface area contributed by atoms with E-state index >= 15 is 0 Å². The molecule has 1 heterocycles. The first-order chi connectivity index (χ1) is 12.1. The number of rotatable bonds is 5. The summed E-state index contributed by atoms with van der Waals surface area (Å²) in [5, 5.41) is 6.97. The predicted octanol–water partition coefficient (Wildman–Crippen LogP) is 3.93. The van der Waals surface area contributed by atoms with Crippen molar-refractivity contribution >= 4 is 28.3 Å². The minimum absolute atomic E-state index is 0.137. The van der Waals surface area contributed by atoms with E-state index in [0.717, 1.165) is 23.5 Å². The SMILES string of the molecule is CC(=O)N[C@H](C(=O)Nc1nc(-c2cccc(C(F)(F)F)c2)cs1)C(C)C. The highest BCUT2D eigenvalue weighted by molar-refractivity contribution is 7.14. The van der Waals surface area contributed by atoms with Crippen LogP contribution in [0.2, 0.25) is 0 Å². The van der Waals surface area contributed by atoms with E-state index in [0.29, 0.717) is 11.3 Å². The highest BCUT2D eigenvalue weighted by Gasteiger charge is 2.30. The van der Waals surface area contributed by atoms with Crippen molar-refractivity contribution in [3.8, 4) is 11.3 Å². The second kappa shape index (κ2) is 7.86. The van der Waals surface area contributed by atoms with Crippen LogP contribution >= 0.6 is 11.3 Å². The van der Waals surface area contributed by atoms with Gasteiger partial charge in [-0.2, -0.15) is 13.2 Å². The van der Waals surface area contributed by atoms with Crippen LogP contribution in [0.15, 0.2) is 29.6 Å². The lowest BCUT2D eigenvalue weighted by Crippen LogP contribution is -2.46. The largest absolute Gasteiger partial charge is 0.416 e. The van der Waals surface area contributed by atoms with Gasteiger partial charge in [-0.3, -0.25) is 9.59 Å². The summed E-state index contributed by atoms with van der Waals surface area (Å²) in [7, 11) is 0. The Bertz CT molecular complexity index is 803. The second-order valence-electron chi connectivity index (χ2n) is 6.03. The van der Waals surface area contributed by atoms with E-state index in [9.17, 15) is 22.8 Å². The van der Waals surface area contributed by atoms with E-state index < -0.39 is 23.7 Å². The van der Waals surface area contributed by atoms with Gasteiger partial charge in [0.2, 0.25) is 11.8 Å². The van der Waals surface area contributed by atoms with Crippen molar-refractivity contribution in [3.63, 3.8) is 0 Å². The zero-order valence-corrected chi connectivity index (χ0v) is 15.2. The summed E-state index contributed by atoms with van der Waals surface area (Å²) in [6, 6.07) is 4.09. The Balaban J connectivity index is 2.17. The standard InChI is InChI=1S/C17H18F3N3O2S/c1-9(2)14(21-10(3)24)15(25)23-16-22-13(8-26-16)11-5-4-6-12(7-11)17(18,19)20/h4-9,14H,1-3H3,(H,21,24)(H,22,23,25)/t14-/m0/s1. The maximum absolute atomic E-state index is 12.8. The summed E-state index contributed by atoms with van der Waals surface area (Å²) in [4.78, 5) is 27.7. The maximum Gasteiger partial charge on any atom is 0.416 e. The van der Waals surface area contributed by atoms with Crippen LogP contribution in [0.3, 0.4) is 0 Å². The van der Waals surface area contributed by atoms with E-state index in [-0.39, 0.29) is 17.0 Å². The fourth-order valence-electron chi connectivity index (χ4n) is 2.26. The highest BCUT2D eigenvalue weighted by atomic mass is 32.1. The quantitative estimate of drug-likeness (QED) is 0.819. The number of anilines is 1. The van der Waals surface area contributed by atoms with Crippen molar-refractivity contribution in [2.75, 3.05) is 5.32 Å². The molecule has 5 nitrogen and oxygen atoms in total. The first-order valence-corrected chi connectivity index (χ1v) is 8.67. The lowest BCUT2D eigenvalue weighted by atomic mass is 10.0. The number of carbonyl (C=O) groups excluding carboxylic acids is 2. The highest BCUT2D eigenvalue weighted by Crippen LogP contribution is 2.33. The number of hydrogen-bond acceptors (Lipinski definition) is 4. The number of aromatic nitrogens is 1. The third-order valence-corrected chi connectivity index (χ3v) is 4.29. The number of hydrogen-bond donors (Lipinski definition) is 2. The number of amides is 2. The molecule has 2 aromatic rings. The van der Waals surface area contributed by atoms with Crippen molar-refractivity contribution in [2.45, 2.75) is 33.0 Å². The van der Waals surface area contributed by atoms with E-state index in [4.69, 9.17) is 0 Å². The van der Waals surface area contributed by atoms with Gasteiger partial charge in [-0.05, 0) is 18.1 Å². The van der Waals surface area contributed by atoms with Crippen molar-refractivity contribution in [1.82, 2.24) is 10.3 Å². The molecule has 0 aliphatic carbocycles. The monoisotopic (exact) mass is 385 g/mol. The van der Waals surface area contributed by atoms with Crippen molar-refractivity contribution in [3.05, 3.63) is 35.2 Å². The molecule has 26 heavy (non-hydrogen) atoms. The first kappa shape index (κ1) is 19.9. The zero-order chi connectivity index (χ0) is 19.5. The first-order valence-electron chi connectivity index (χ1n) is 7.79. The summed E-state index contributed by atoms with van der Waals surface area (Å²) in [5.74, 6) is -0.899. The Morgan fingerprint density at radius 1 is 1.23 bits per heavy atom. The molecule has 140 valence electrons. The number of nitrogens with one attached hydrogen (secondary N) is 2. The van der Waals surface area contributed by atoms with Gasteiger partial charge in [-0.25, -0.2) is 4.98 Å². The summed E-state index contributed by atoms with van der Waals surface area (Å²) in [5.41, 5.74) is -0.130. The molecule has 2 rings (SSSR count). The number of carbonyl (C=O) groups is 2. The van der Waals surface area contributed by atoms with E-state index in [2.05, 4.69) is 15.6 Å². The van der Waals surface area contributed by atoms with Crippen LogP contribution in [0.4, 0.5) is 18.3 Å². The van der Waals surface area contributed by atoms with Gasteiger partial charge < -0.3 is 10.6 Å². The molecule has 1 aromatic carbocycles. The van der Waals surface area contributed by atoms with Gasteiger partial charge in [0.05, 0.1) is 11.3 Å². The molecule has 0 fully saturated rings. The Hall–Kier alpha value is -2.42. The number of nitrogens with zero attached hydrogens (tertiary/aromatic N) is 1. The molecule has 0 aliphatic rings. The van der Waals surface area contributed by atoms with Gasteiger partial charge in [0.15, 0.2) is 5.13 Å². The summed E-state index contributed by atoms with van der Waals surface area (Å²) in [6.45, 7) is 4.89. The summed E-state index contributed by atoms with van der Waals surface area (Å²) >= 11 is 1.10. The molecule has 0 saturated heterocycles. The van der Waals surface area contributed by atoms with Crippen LogP contribution in [0.25, 0.3) is 11.3 Å². The van der Waals surface area contributed by atoms with E-state index in [1.807, 2.05) is 0 Å². The number of halogens is 3. The van der Waals surface area contributed by atoms with Crippen LogP contribution in [0.1, 0.15) is 26.3 Å². The molecule has 0 unspecified atom stereocenters. The average Bonchev–Trinajstić information content (AvgIpc) is 3.00. The number of benzene rings is 1. The smallest absolute Gasteiger partial charge is 0.344 e. The van der Waals surface area contributed by atoms with Gasteiger partial charge in [0, 0.05) is 17.9 Å². The molecule has 0 spiro atoms. The molecular formula is C17H18F3N3O2S. The van der Waals surface area contributed by atoms with Crippen LogP contribution in [0.5, 0.6) is 0 Å². The molecule has 1 atom stereocenters. The van der Waals surface area contributed by atoms with Crippen LogP contribution in [-0.4, -0.2) is 22.8 Å². The molecule has 0 aliphatic heterocycles. The third kappa shape index (κ3) is 5.04. The maximum atomic E-state index is 12.8. The molecule has 9 heteroatoms. The van der Waals surface area contributed by atoms with E-state index in [1.54, 1.807) is 19.2 Å². The number of thiazole rings is 1. The predicted molar refractivity (Wildman–Crippen MR) is 93.6 cm³/mol. The fraction of sp³-hybridized carbons (Fsp3) is 0.353. The van der Waals surface area contributed by atoms with Gasteiger partial charge in [-0.15, -0.1) is 11.3 Å². The minimum atomic E-state index is -4.44. The summed E-state index contributed by atoms with van der Waals surface area (Å²) < 4.78 is 38.5. The fourth-order valence-corrected chi connectivity index (χ4v) is 2.98. The van der Waals surface area contributed by atoms with Gasteiger partial charge >= 0.3 is 6.18 Å². The molecule has 0 bridgehead atoms. The topological polar surface area (TPSA) is 71.1 Å². The van der Waals surface area contributed by atoms with Crippen molar-refractivity contribution in [2.24, 2.45) is 5.92 Å². The van der Waals surface area contributed by atoms with Gasteiger partial charge in [0.1, 0.15) is 6.04 Å². The van der Waals surface area contributed by atoms with Crippen LogP contribution in [0, 0.1) is 5.92 Å². The van der Waals surface area contributed by atoms with E-state index in [1.165, 1.54) is 19.1 Å². The third-order valence-electron chi connectivity index (χ3n) is 3.53. The Labute approximate surface area is 152 Å². The van der Waals surface area contributed by atoms with Gasteiger partial charge in [-0.1, -0.05) is 26.0 Å². The van der Waals surface area contributed by atoms with Crippen LogP contribution < -0.4 is 10.6 Å². The molecular weight excluding hydrogens is 367 g/mol.